The summed E-state index contributed by atoms with van der Waals surface area (Å²) in [5.41, 5.74) is 0. The van der Waals surface area contributed by atoms with E-state index in [0.717, 1.165) is 0 Å². The fourth-order valence-electron chi connectivity index (χ4n) is 0. The third kappa shape index (κ3) is 126. The smallest absolute Gasteiger partial charge is 0.769 e. The van der Waals surface area contributed by atoms with E-state index in [-0.39, 0.29) is 30.9 Å². The molecule has 0 aromatic heterocycles. The molecule has 0 bridgehead atoms. The van der Waals surface area contributed by atoms with E-state index in [4.69, 9.17) is 14.0 Å². The molecule has 50 valence electrons. The molecular weight excluding hydrogens is 213 g/mol. The first-order valence-electron chi connectivity index (χ1n) is 0.463. The van der Waals surface area contributed by atoms with Crippen molar-refractivity contribution in [1.82, 2.24) is 0 Å². The van der Waals surface area contributed by atoms with Crippen LogP contribution in [-0.4, -0.2) is 17.4 Å². The Labute approximate surface area is 80.3 Å². The molecule has 0 atom stereocenters. The van der Waals surface area contributed by atoms with Gasteiger partial charge in [-0.05, 0) is 0 Å². The van der Waals surface area contributed by atoms with Gasteiger partial charge in [0.25, 0.3) is 0 Å². The zero-order valence-electron chi connectivity index (χ0n) is 3.44. The maximum absolute atomic E-state index is 7.72. The van der Waals surface area contributed by atoms with Gasteiger partial charge in [-0.15, -0.1) is 0 Å². The normalized spacial score (nSPS) is 2.25. The molecule has 0 N–H and O–H groups in total. The first-order chi connectivity index (χ1) is 3.00. The largest absolute Gasteiger partial charge is 3.00 e. The van der Waals surface area contributed by atoms with E-state index in [1.54, 1.807) is 0 Å². The van der Waals surface area contributed by atoms with Gasteiger partial charge in [0.2, 0.25) is 0 Å². The van der Waals surface area contributed by atoms with Crippen LogP contribution < -0.4 is 14.0 Å². The summed E-state index contributed by atoms with van der Waals surface area (Å²) in [6.07, 6.45) is 0. The van der Waals surface area contributed by atoms with Crippen LogP contribution in [0.25, 0.3) is 0 Å². The van der Waals surface area contributed by atoms with E-state index >= 15 is 0 Å². The van der Waals surface area contributed by atoms with Crippen molar-refractivity contribution >= 4 is 66.5 Å². The minimum atomic E-state index is 0. The Morgan fingerprint density at radius 2 is 0.625 bits per heavy atom. The van der Waals surface area contributed by atoms with Crippen molar-refractivity contribution in [3.05, 3.63) is 0 Å². The van der Waals surface area contributed by atoms with Gasteiger partial charge in [-0.2, -0.15) is 13.5 Å². The van der Waals surface area contributed by atoms with Crippen LogP contribution in [-0.2, 0) is 0 Å². The summed E-state index contributed by atoms with van der Waals surface area (Å²) in [6.45, 7) is 0. The number of halogens is 3. The molecule has 0 rings (SSSR count). The maximum Gasteiger partial charge on any atom is 3.00 e. The molecule has 0 spiro atoms. The van der Waals surface area contributed by atoms with Gasteiger partial charge >= 0.3 is 17.4 Å². The standard InChI is InChI=1S/Al.3ClO.H2S/c;3*1-2;/h;;;;1H2/q+3;3*-1;. The third-order valence-electron chi connectivity index (χ3n) is 0. The topological polar surface area (TPSA) is 69.2 Å². The molecule has 0 unspecified atom stereocenters. The molecule has 0 aliphatic rings. The van der Waals surface area contributed by atoms with E-state index in [1.807, 2.05) is 0 Å². The summed E-state index contributed by atoms with van der Waals surface area (Å²) < 4.78 is 23.2. The van der Waals surface area contributed by atoms with E-state index in [0.29, 0.717) is 0 Å². The van der Waals surface area contributed by atoms with Crippen LogP contribution in [0.3, 0.4) is 0 Å². The van der Waals surface area contributed by atoms with Gasteiger partial charge in [-0.25, -0.2) is 35.6 Å². The van der Waals surface area contributed by atoms with Crippen LogP contribution in [0.4, 0.5) is 0 Å². The van der Waals surface area contributed by atoms with Gasteiger partial charge in [0, 0.05) is 0 Å². The molecule has 0 radical (unpaired) electrons. The molecule has 0 heterocycles. The summed E-state index contributed by atoms with van der Waals surface area (Å²) in [5, 5.41) is 0. The van der Waals surface area contributed by atoms with E-state index in [9.17, 15) is 0 Å². The number of hydrogen-bond acceptors (Lipinski definition) is 3. The van der Waals surface area contributed by atoms with Gasteiger partial charge in [0.15, 0.2) is 0 Å². The Hall–Kier alpha value is 1.63. The second-order valence-corrected chi connectivity index (χ2v) is 0. The molecule has 0 aliphatic heterocycles. The van der Waals surface area contributed by atoms with E-state index in [2.05, 4.69) is 35.6 Å². The minimum Gasteiger partial charge on any atom is -0.769 e. The van der Waals surface area contributed by atoms with E-state index < -0.39 is 0 Å². The Morgan fingerprint density at radius 1 is 0.625 bits per heavy atom. The SMILES string of the molecule is S.[Al+3].[O-]Cl.[O-]Cl.[O-]Cl. The van der Waals surface area contributed by atoms with Crippen molar-refractivity contribution in [1.29, 1.82) is 0 Å². The molecule has 0 aromatic rings. The maximum atomic E-state index is 7.72. The summed E-state index contributed by atoms with van der Waals surface area (Å²) in [6, 6.07) is 0. The first-order valence-corrected chi connectivity index (χ1v) is 1.39. The quantitative estimate of drug-likeness (QED) is 0.449. The molecule has 0 saturated carbocycles. The summed E-state index contributed by atoms with van der Waals surface area (Å²) in [7, 11) is 0. The van der Waals surface area contributed by atoms with Crippen LogP contribution in [0.1, 0.15) is 0 Å². The van der Waals surface area contributed by atoms with Gasteiger partial charge in [0.1, 0.15) is 0 Å². The number of hydrogen-bond donors (Lipinski definition) is 0. The molecular formula is H2AlCl3O3S. The van der Waals surface area contributed by atoms with Crippen LogP contribution in [0.15, 0.2) is 0 Å². The van der Waals surface area contributed by atoms with Crippen molar-refractivity contribution in [2.75, 3.05) is 0 Å². The molecule has 3 nitrogen and oxygen atoms in total. The third-order valence-corrected chi connectivity index (χ3v) is 0. The Morgan fingerprint density at radius 3 is 0.625 bits per heavy atom. The molecule has 0 aliphatic carbocycles. The summed E-state index contributed by atoms with van der Waals surface area (Å²) >= 11 is 10.2. The molecule has 8 heavy (non-hydrogen) atoms. The second-order valence-electron chi connectivity index (χ2n) is 0. The first kappa shape index (κ1) is 33.4. The molecule has 0 fully saturated rings. The van der Waals surface area contributed by atoms with E-state index in [1.165, 1.54) is 0 Å². The Kier molecular flexibility index (Phi) is 789. The van der Waals surface area contributed by atoms with Crippen LogP contribution in [0.5, 0.6) is 0 Å². The molecule has 0 saturated heterocycles. The predicted octanol–water partition coefficient (Wildman–Crippen LogP) is -1.77. The summed E-state index contributed by atoms with van der Waals surface area (Å²) in [4.78, 5) is 0. The van der Waals surface area contributed by atoms with Crippen LogP contribution in [0.2, 0.25) is 0 Å². The summed E-state index contributed by atoms with van der Waals surface area (Å²) in [5.74, 6) is 0. The van der Waals surface area contributed by atoms with Crippen LogP contribution in [0, 0.1) is 0 Å². The van der Waals surface area contributed by atoms with Gasteiger partial charge in [0.05, 0.1) is 0 Å². The predicted molar refractivity (Wildman–Crippen MR) is 33.7 cm³/mol. The van der Waals surface area contributed by atoms with Gasteiger partial charge in [-0.1, -0.05) is 0 Å². The fourth-order valence-corrected chi connectivity index (χ4v) is 0. The van der Waals surface area contributed by atoms with Gasteiger partial charge < -0.3 is 14.0 Å². The monoisotopic (exact) mass is 214 g/mol. The molecule has 8 heteroatoms. The second kappa shape index (κ2) is 189. The van der Waals surface area contributed by atoms with Crippen molar-refractivity contribution in [2.45, 2.75) is 0 Å². The Balaban J connectivity index is -0.00000000500. The fraction of sp³-hybridized carbons (Fsp3) is 0. The number of rotatable bonds is 0. The zero-order chi connectivity index (χ0) is 6.00. The van der Waals surface area contributed by atoms with Gasteiger partial charge in [-0.3, -0.25) is 0 Å². The van der Waals surface area contributed by atoms with Crippen molar-refractivity contribution in [2.24, 2.45) is 0 Å². The minimum absolute atomic E-state index is 0. The molecule has 0 aromatic carbocycles. The average molecular weight is 215 g/mol. The van der Waals surface area contributed by atoms with Crippen molar-refractivity contribution in [3.8, 4) is 0 Å². The zero-order valence-corrected chi connectivity index (χ0v) is 7.86. The average Bonchev–Trinajstić information content (AvgIpc) is 1.81. The Bertz CT molecular complexity index is 14.5. The molecule has 0 amide bonds. The van der Waals surface area contributed by atoms with Crippen molar-refractivity contribution in [3.63, 3.8) is 0 Å². The van der Waals surface area contributed by atoms with Crippen LogP contribution >= 0.6 is 49.1 Å². The van der Waals surface area contributed by atoms with Crippen molar-refractivity contribution < 1.29 is 14.0 Å².